The molecule has 0 aromatic heterocycles. The number of unbranched alkanes of at least 4 members (excludes halogenated alkanes) is 4. The van der Waals surface area contributed by atoms with Gasteiger partial charge in [-0.25, -0.2) is 0 Å². The van der Waals surface area contributed by atoms with Gasteiger partial charge in [0.15, 0.2) is 11.5 Å². The van der Waals surface area contributed by atoms with Crippen LogP contribution in [0.15, 0.2) is 18.2 Å². The summed E-state index contributed by atoms with van der Waals surface area (Å²) in [6.45, 7) is 2.85. The number of nitrogens with two attached hydrogens (primary N) is 1. The summed E-state index contributed by atoms with van der Waals surface area (Å²) in [4.78, 5) is 10.8. The first-order valence-electron chi connectivity index (χ1n) is 7.86. The van der Waals surface area contributed by atoms with E-state index in [-0.39, 0.29) is 6.42 Å². The van der Waals surface area contributed by atoms with Crippen LogP contribution in [0, 0.1) is 0 Å². The van der Waals surface area contributed by atoms with E-state index in [0.29, 0.717) is 18.1 Å². The molecule has 0 bridgehead atoms. The summed E-state index contributed by atoms with van der Waals surface area (Å²) < 4.78 is 11.1. The lowest BCUT2D eigenvalue weighted by atomic mass is 10.1. The topological polar surface area (TPSA) is 81.8 Å². The highest BCUT2D eigenvalue weighted by molar-refractivity contribution is 5.73. The van der Waals surface area contributed by atoms with Crippen LogP contribution in [0.3, 0.4) is 0 Å². The molecule has 0 saturated carbocycles. The van der Waals surface area contributed by atoms with Crippen molar-refractivity contribution in [3.05, 3.63) is 23.8 Å². The predicted octanol–water partition coefficient (Wildman–Crippen LogP) is 3.00. The summed E-state index contributed by atoms with van der Waals surface area (Å²) in [5, 5.41) is 8.85. The molecule has 0 radical (unpaired) electrons. The Kier molecular flexibility index (Phi) is 8.36. The van der Waals surface area contributed by atoms with E-state index in [1.165, 1.54) is 25.7 Å². The molecule has 1 rings (SSSR count). The highest BCUT2D eigenvalue weighted by Crippen LogP contribution is 2.28. The third kappa shape index (κ3) is 6.35. The first kappa shape index (κ1) is 18.3. The van der Waals surface area contributed by atoms with Crippen LogP contribution in [0.5, 0.6) is 11.5 Å². The number of carbonyl (C=O) groups is 1. The van der Waals surface area contributed by atoms with Gasteiger partial charge in [-0.05, 0) is 30.5 Å². The Bertz CT molecular complexity index is 462. The molecular formula is C17H27NO4. The Hall–Kier alpha value is -1.75. The van der Waals surface area contributed by atoms with Gasteiger partial charge in [-0.3, -0.25) is 4.79 Å². The van der Waals surface area contributed by atoms with Crippen molar-refractivity contribution in [1.29, 1.82) is 0 Å². The van der Waals surface area contributed by atoms with Crippen LogP contribution in [-0.2, 0) is 11.2 Å². The second-order valence-corrected chi connectivity index (χ2v) is 5.40. The number of aliphatic carboxylic acids is 1. The third-order valence-corrected chi connectivity index (χ3v) is 3.51. The van der Waals surface area contributed by atoms with E-state index in [1.54, 1.807) is 13.2 Å². The largest absolute Gasteiger partial charge is 0.493 e. The van der Waals surface area contributed by atoms with E-state index in [4.69, 9.17) is 20.3 Å². The summed E-state index contributed by atoms with van der Waals surface area (Å²) >= 11 is 0. The first-order chi connectivity index (χ1) is 10.6. The number of hydrogen-bond donors (Lipinski definition) is 2. The number of ether oxygens (including phenoxy) is 2. The maximum absolute atomic E-state index is 10.8. The van der Waals surface area contributed by atoms with Crippen LogP contribution < -0.4 is 15.2 Å². The van der Waals surface area contributed by atoms with Gasteiger partial charge in [-0.1, -0.05) is 38.7 Å². The molecule has 3 N–H and O–H groups in total. The highest BCUT2D eigenvalue weighted by Gasteiger charge is 2.14. The molecular weight excluding hydrogens is 282 g/mol. The summed E-state index contributed by atoms with van der Waals surface area (Å²) in [6, 6.07) is 4.52. The molecule has 124 valence electrons. The van der Waals surface area contributed by atoms with Crippen molar-refractivity contribution in [3.63, 3.8) is 0 Å². The van der Waals surface area contributed by atoms with Crippen molar-refractivity contribution >= 4 is 5.97 Å². The molecule has 0 saturated heterocycles. The summed E-state index contributed by atoms with van der Waals surface area (Å²) in [5.74, 6) is 0.292. The van der Waals surface area contributed by atoms with E-state index in [0.717, 1.165) is 12.0 Å². The number of hydrogen-bond acceptors (Lipinski definition) is 4. The minimum atomic E-state index is -1.01. The Balaban J connectivity index is 2.52. The molecule has 0 aliphatic heterocycles. The van der Waals surface area contributed by atoms with E-state index in [2.05, 4.69) is 6.92 Å². The number of carboxylic acid groups (broad SMARTS) is 1. The minimum absolute atomic E-state index is 0.267. The average Bonchev–Trinajstić information content (AvgIpc) is 2.51. The van der Waals surface area contributed by atoms with E-state index in [9.17, 15) is 4.79 Å². The van der Waals surface area contributed by atoms with Gasteiger partial charge in [0.1, 0.15) is 6.04 Å². The van der Waals surface area contributed by atoms with Crippen LogP contribution in [0.1, 0.15) is 44.6 Å². The number of benzene rings is 1. The molecule has 0 amide bonds. The van der Waals surface area contributed by atoms with Gasteiger partial charge in [0.2, 0.25) is 0 Å². The van der Waals surface area contributed by atoms with E-state index >= 15 is 0 Å². The van der Waals surface area contributed by atoms with Gasteiger partial charge in [0, 0.05) is 0 Å². The van der Waals surface area contributed by atoms with Gasteiger partial charge in [0.05, 0.1) is 13.7 Å². The molecule has 5 nitrogen and oxygen atoms in total. The van der Waals surface area contributed by atoms with Crippen molar-refractivity contribution in [3.8, 4) is 11.5 Å². The van der Waals surface area contributed by atoms with Gasteiger partial charge in [0.25, 0.3) is 0 Å². The lowest BCUT2D eigenvalue weighted by Crippen LogP contribution is -2.32. The van der Waals surface area contributed by atoms with Gasteiger partial charge in [-0.15, -0.1) is 0 Å². The second-order valence-electron chi connectivity index (χ2n) is 5.40. The lowest BCUT2D eigenvalue weighted by Gasteiger charge is -2.13. The maximum Gasteiger partial charge on any atom is 0.320 e. The van der Waals surface area contributed by atoms with Crippen molar-refractivity contribution in [1.82, 2.24) is 0 Å². The Morgan fingerprint density at radius 1 is 1.23 bits per heavy atom. The smallest absolute Gasteiger partial charge is 0.320 e. The summed E-state index contributed by atoms with van der Waals surface area (Å²) in [6.07, 6.45) is 6.19. The SMILES string of the molecule is CCCCCCCOc1ccc(CC(N)C(=O)O)cc1OC. The van der Waals surface area contributed by atoms with Gasteiger partial charge >= 0.3 is 5.97 Å². The van der Waals surface area contributed by atoms with Crippen molar-refractivity contribution in [2.24, 2.45) is 5.73 Å². The zero-order valence-corrected chi connectivity index (χ0v) is 13.5. The summed E-state index contributed by atoms with van der Waals surface area (Å²) in [7, 11) is 1.57. The zero-order valence-electron chi connectivity index (χ0n) is 13.5. The average molecular weight is 309 g/mol. The van der Waals surface area contributed by atoms with Crippen LogP contribution in [0.25, 0.3) is 0 Å². The van der Waals surface area contributed by atoms with Crippen molar-refractivity contribution in [2.45, 2.75) is 51.5 Å². The molecule has 0 aliphatic carbocycles. The molecule has 22 heavy (non-hydrogen) atoms. The monoisotopic (exact) mass is 309 g/mol. The molecule has 1 unspecified atom stereocenters. The van der Waals surface area contributed by atoms with E-state index in [1.807, 2.05) is 12.1 Å². The van der Waals surface area contributed by atoms with Crippen LogP contribution in [-0.4, -0.2) is 30.8 Å². The molecule has 0 heterocycles. The minimum Gasteiger partial charge on any atom is -0.493 e. The van der Waals surface area contributed by atoms with Gasteiger partial charge in [-0.2, -0.15) is 0 Å². The quantitative estimate of drug-likeness (QED) is 0.614. The second kappa shape index (κ2) is 10.1. The molecule has 0 spiro atoms. The predicted molar refractivity (Wildman–Crippen MR) is 86.6 cm³/mol. The number of methoxy groups -OCH3 is 1. The third-order valence-electron chi connectivity index (χ3n) is 3.51. The zero-order chi connectivity index (χ0) is 16.4. The van der Waals surface area contributed by atoms with Crippen LogP contribution >= 0.6 is 0 Å². The lowest BCUT2D eigenvalue weighted by molar-refractivity contribution is -0.138. The molecule has 1 aromatic carbocycles. The Morgan fingerprint density at radius 2 is 1.95 bits per heavy atom. The molecule has 5 heteroatoms. The highest BCUT2D eigenvalue weighted by atomic mass is 16.5. The van der Waals surface area contributed by atoms with E-state index < -0.39 is 12.0 Å². The molecule has 1 atom stereocenters. The van der Waals surface area contributed by atoms with Crippen LogP contribution in [0.4, 0.5) is 0 Å². The fourth-order valence-corrected chi connectivity index (χ4v) is 2.19. The summed E-state index contributed by atoms with van der Waals surface area (Å²) in [5.41, 5.74) is 6.37. The molecule has 0 aliphatic rings. The maximum atomic E-state index is 10.8. The van der Waals surface area contributed by atoms with Crippen molar-refractivity contribution < 1.29 is 19.4 Å². The fraction of sp³-hybridized carbons (Fsp3) is 0.588. The number of carboxylic acids is 1. The molecule has 1 aromatic rings. The van der Waals surface area contributed by atoms with Gasteiger partial charge < -0.3 is 20.3 Å². The fourth-order valence-electron chi connectivity index (χ4n) is 2.19. The van der Waals surface area contributed by atoms with Crippen molar-refractivity contribution in [2.75, 3.05) is 13.7 Å². The standard InChI is InChI=1S/C17H27NO4/c1-3-4-5-6-7-10-22-15-9-8-13(12-16(15)21-2)11-14(18)17(19)20/h8-9,12,14H,3-7,10-11,18H2,1-2H3,(H,19,20). The normalized spacial score (nSPS) is 12.0. The number of rotatable bonds is 11. The first-order valence-corrected chi connectivity index (χ1v) is 7.86. The molecule has 0 fully saturated rings. The Morgan fingerprint density at radius 3 is 2.59 bits per heavy atom. The van der Waals surface area contributed by atoms with Crippen LogP contribution in [0.2, 0.25) is 0 Å². The Labute approximate surface area is 132 Å².